The molecule has 4 nitrogen and oxygen atoms in total. The van der Waals surface area contributed by atoms with E-state index in [9.17, 15) is 8.42 Å². The molecule has 0 radical (unpaired) electrons. The van der Waals surface area contributed by atoms with Crippen LogP contribution in [0.5, 0.6) is 0 Å². The molecule has 0 bridgehead atoms. The molecule has 0 aliphatic carbocycles. The van der Waals surface area contributed by atoms with Gasteiger partial charge in [0.2, 0.25) is 10.0 Å². The molecule has 1 aromatic rings. The molecule has 16 heavy (non-hydrogen) atoms. The molecule has 0 saturated heterocycles. The normalized spacial score (nSPS) is 12.1. The van der Waals surface area contributed by atoms with Gasteiger partial charge in [-0.1, -0.05) is 13.8 Å². The summed E-state index contributed by atoms with van der Waals surface area (Å²) in [5, 5.41) is 1.57. The smallest absolute Gasteiger partial charge is 0.233 e. The van der Waals surface area contributed by atoms with E-state index in [0.29, 0.717) is 10.9 Å². The third-order valence-electron chi connectivity index (χ3n) is 2.03. The monoisotopic (exact) mass is 262 g/mol. The van der Waals surface area contributed by atoms with E-state index in [2.05, 4.69) is 23.6 Å². The fourth-order valence-electron chi connectivity index (χ4n) is 1.29. The summed E-state index contributed by atoms with van der Waals surface area (Å²) >= 11 is 1.40. The van der Waals surface area contributed by atoms with Crippen LogP contribution in [0.1, 0.15) is 31.5 Å². The first-order valence-electron chi connectivity index (χ1n) is 5.31. The Balaban J connectivity index is 2.95. The highest BCUT2D eigenvalue weighted by atomic mass is 32.2. The van der Waals surface area contributed by atoms with Crippen LogP contribution in [-0.4, -0.2) is 19.2 Å². The van der Waals surface area contributed by atoms with E-state index in [0.717, 1.165) is 17.1 Å². The third kappa shape index (κ3) is 3.75. The summed E-state index contributed by atoms with van der Waals surface area (Å²) in [6.07, 6.45) is 0.798. The number of rotatable bonds is 5. The predicted molar refractivity (Wildman–Crippen MR) is 68.5 cm³/mol. The Hall–Kier alpha value is -0.620. The van der Waals surface area contributed by atoms with Gasteiger partial charge in [-0.3, -0.25) is 4.72 Å². The fraction of sp³-hybridized carbons (Fsp3) is 0.700. The summed E-state index contributed by atoms with van der Waals surface area (Å²) in [7, 11) is -3.20. The second-order valence-corrected chi connectivity index (χ2v) is 7.33. The first-order chi connectivity index (χ1) is 7.34. The third-order valence-corrected chi connectivity index (χ3v) is 4.37. The minimum atomic E-state index is -3.20. The lowest BCUT2D eigenvalue weighted by Gasteiger charge is -2.07. The molecule has 1 N–H and O–H groups in total. The number of thiazole rings is 1. The number of sulfonamides is 1. The number of hydrogen-bond acceptors (Lipinski definition) is 4. The predicted octanol–water partition coefficient (Wildman–Crippen LogP) is 2.41. The van der Waals surface area contributed by atoms with Crippen LogP contribution in [0.15, 0.2) is 0 Å². The highest BCUT2D eigenvalue weighted by Crippen LogP contribution is 2.27. The van der Waals surface area contributed by atoms with Gasteiger partial charge in [0.15, 0.2) is 0 Å². The van der Waals surface area contributed by atoms with Crippen LogP contribution in [0.2, 0.25) is 0 Å². The van der Waals surface area contributed by atoms with Crippen LogP contribution in [0.4, 0.5) is 5.00 Å². The van der Waals surface area contributed by atoms with E-state index in [1.165, 1.54) is 11.3 Å². The Labute approximate surface area is 101 Å². The topological polar surface area (TPSA) is 59.1 Å². The van der Waals surface area contributed by atoms with E-state index in [4.69, 9.17) is 0 Å². The van der Waals surface area contributed by atoms with Crippen LogP contribution >= 0.6 is 11.3 Å². The number of hydrogen-bond donors (Lipinski definition) is 1. The van der Waals surface area contributed by atoms with Crippen molar-refractivity contribution in [1.29, 1.82) is 0 Å². The van der Waals surface area contributed by atoms with Gasteiger partial charge in [-0.05, 0) is 26.2 Å². The molecule has 1 rings (SSSR count). The average molecular weight is 262 g/mol. The van der Waals surface area contributed by atoms with Crippen LogP contribution < -0.4 is 4.72 Å². The van der Waals surface area contributed by atoms with Crippen molar-refractivity contribution >= 4 is 26.4 Å². The maximum absolute atomic E-state index is 11.5. The van der Waals surface area contributed by atoms with E-state index in [1.807, 2.05) is 6.92 Å². The van der Waals surface area contributed by atoms with Crippen molar-refractivity contribution in [2.45, 2.75) is 34.1 Å². The summed E-state index contributed by atoms with van der Waals surface area (Å²) < 4.78 is 25.6. The van der Waals surface area contributed by atoms with E-state index in [-0.39, 0.29) is 5.75 Å². The number of nitrogens with one attached hydrogen (secondary N) is 1. The second-order valence-electron chi connectivity index (χ2n) is 4.11. The van der Waals surface area contributed by atoms with Crippen molar-refractivity contribution in [2.75, 3.05) is 10.5 Å². The first-order valence-corrected chi connectivity index (χ1v) is 7.77. The lowest BCUT2D eigenvalue weighted by molar-refractivity contribution is 0.602. The Morgan fingerprint density at radius 3 is 2.56 bits per heavy atom. The molecule has 0 aromatic carbocycles. The molecule has 0 aliphatic rings. The summed E-state index contributed by atoms with van der Waals surface area (Å²) in [5.41, 5.74) is 0.856. The lowest BCUT2D eigenvalue weighted by atomic mass is 10.1. The largest absolute Gasteiger partial charge is 0.273 e. The fourth-order valence-corrected chi connectivity index (χ4v) is 3.08. The van der Waals surface area contributed by atoms with Gasteiger partial charge in [-0.15, -0.1) is 11.3 Å². The minimum Gasteiger partial charge on any atom is -0.273 e. The van der Waals surface area contributed by atoms with Gasteiger partial charge in [-0.25, -0.2) is 13.4 Å². The van der Waals surface area contributed by atoms with Crippen molar-refractivity contribution in [3.05, 3.63) is 10.7 Å². The number of anilines is 1. The molecule has 0 saturated carbocycles. The van der Waals surface area contributed by atoms with E-state index < -0.39 is 10.0 Å². The van der Waals surface area contributed by atoms with Gasteiger partial charge in [-0.2, -0.15) is 0 Å². The van der Waals surface area contributed by atoms with Crippen LogP contribution in [0.25, 0.3) is 0 Å². The molecule has 1 aromatic heterocycles. The van der Waals surface area contributed by atoms with Crippen molar-refractivity contribution in [3.63, 3.8) is 0 Å². The highest BCUT2D eigenvalue weighted by Gasteiger charge is 2.15. The van der Waals surface area contributed by atoms with Crippen molar-refractivity contribution in [2.24, 2.45) is 5.92 Å². The number of nitrogens with zero attached hydrogens (tertiary/aromatic N) is 1. The summed E-state index contributed by atoms with van der Waals surface area (Å²) in [4.78, 5) is 4.36. The van der Waals surface area contributed by atoms with Crippen LogP contribution in [0.3, 0.4) is 0 Å². The maximum Gasteiger partial charge on any atom is 0.233 e. The molecule has 0 atom stereocenters. The van der Waals surface area contributed by atoms with Crippen molar-refractivity contribution in [3.8, 4) is 0 Å². The first kappa shape index (κ1) is 13.4. The van der Waals surface area contributed by atoms with Gasteiger partial charge in [0.1, 0.15) is 5.00 Å². The molecule has 0 amide bonds. The average Bonchev–Trinajstić information content (AvgIpc) is 2.44. The van der Waals surface area contributed by atoms with E-state index >= 15 is 0 Å². The number of aryl methyl sites for hydroxylation is 1. The summed E-state index contributed by atoms with van der Waals surface area (Å²) in [6.45, 7) is 7.69. The zero-order valence-electron chi connectivity index (χ0n) is 10.1. The van der Waals surface area contributed by atoms with Gasteiger partial charge >= 0.3 is 0 Å². The minimum absolute atomic E-state index is 0.0884. The van der Waals surface area contributed by atoms with Crippen molar-refractivity contribution in [1.82, 2.24) is 4.98 Å². The Bertz CT molecular complexity index is 449. The van der Waals surface area contributed by atoms with Gasteiger partial charge in [0, 0.05) is 0 Å². The van der Waals surface area contributed by atoms with Crippen LogP contribution in [-0.2, 0) is 16.4 Å². The second kappa shape index (κ2) is 5.14. The van der Waals surface area contributed by atoms with Gasteiger partial charge < -0.3 is 0 Å². The van der Waals surface area contributed by atoms with Gasteiger partial charge in [0.25, 0.3) is 0 Å². The molecule has 0 unspecified atom stereocenters. The van der Waals surface area contributed by atoms with Gasteiger partial charge in [0.05, 0.1) is 16.5 Å². The Morgan fingerprint density at radius 2 is 2.06 bits per heavy atom. The number of aromatic nitrogens is 1. The molecule has 6 heteroatoms. The van der Waals surface area contributed by atoms with E-state index in [1.54, 1.807) is 6.92 Å². The molecule has 0 aliphatic heterocycles. The lowest BCUT2D eigenvalue weighted by Crippen LogP contribution is -2.15. The quantitative estimate of drug-likeness (QED) is 0.886. The Kier molecular flexibility index (Phi) is 4.32. The van der Waals surface area contributed by atoms with Crippen molar-refractivity contribution < 1.29 is 8.42 Å². The molecule has 1 heterocycles. The highest BCUT2D eigenvalue weighted by molar-refractivity contribution is 7.92. The standard InChI is InChI=1S/C10H18N2O2S2/c1-5-16(13,14)12-10-9(6-7(2)3)11-8(4)15-10/h7,12H,5-6H2,1-4H3. The molecule has 0 spiro atoms. The van der Waals surface area contributed by atoms with Crippen LogP contribution in [0, 0.1) is 12.8 Å². The zero-order valence-corrected chi connectivity index (χ0v) is 11.7. The Morgan fingerprint density at radius 1 is 1.44 bits per heavy atom. The summed E-state index contributed by atoms with van der Waals surface area (Å²) in [6, 6.07) is 0. The molecular weight excluding hydrogens is 244 g/mol. The maximum atomic E-state index is 11.5. The molecule has 92 valence electrons. The molecule has 0 fully saturated rings. The molecular formula is C10H18N2O2S2. The summed E-state index contributed by atoms with van der Waals surface area (Å²) in [5.74, 6) is 0.553. The SMILES string of the molecule is CCS(=O)(=O)Nc1sc(C)nc1CC(C)C. The zero-order chi connectivity index (χ0) is 12.3.